The van der Waals surface area contributed by atoms with Crippen LogP contribution in [0.5, 0.6) is 5.75 Å². The Hall–Kier alpha value is -1.59. The first-order valence-corrected chi connectivity index (χ1v) is 7.10. The first-order valence-electron chi connectivity index (χ1n) is 7.10. The van der Waals surface area contributed by atoms with E-state index in [1.165, 1.54) is 0 Å². The molecule has 1 unspecified atom stereocenters. The number of aryl methyl sites for hydroxylation is 1. The minimum absolute atomic E-state index is 0.116. The predicted octanol–water partition coefficient (Wildman–Crippen LogP) is 1.32. The molecule has 0 fully saturated rings. The summed E-state index contributed by atoms with van der Waals surface area (Å²) in [6.07, 6.45) is -0.691. The van der Waals surface area contributed by atoms with Crippen LogP contribution >= 0.6 is 0 Å². The van der Waals surface area contributed by atoms with Gasteiger partial charge >= 0.3 is 0 Å². The van der Waals surface area contributed by atoms with E-state index in [4.69, 9.17) is 10.5 Å². The van der Waals surface area contributed by atoms with E-state index < -0.39 is 12.0 Å². The Balaban J connectivity index is 2.56. The fourth-order valence-electron chi connectivity index (χ4n) is 1.98. The van der Waals surface area contributed by atoms with Gasteiger partial charge in [-0.1, -0.05) is 18.2 Å². The van der Waals surface area contributed by atoms with Gasteiger partial charge in [-0.05, 0) is 39.3 Å². The molecule has 21 heavy (non-hydrogen) atoms. The first-order chi connectivity index (χ1) is 9.70. The standard InChI is InChI=1S/C16H26N2O3/c1-12-7-5-6-8-14(12)21-11-13(19)9-18(10-15(17)20)16(2,3)4/h5-8,13,19H,9-11H2,1-4H3,(H2,17,20). The zero-order chi connectivity index (χ0) is 16.0. The lowest BCUT2D eigenvalue weighted by Crippen LogP contribution is -2.50. The smallest absolute Gasteiger partial charge is 0.231 e. The van der Waals surface area contributed by atoms with Crippen molar-refractivity contribution in [3.8, 4) is 5.75 Å². The van der Waals surface area contributed by atoms with Gasteiger partial charge in [-0.2, -0.15) is 0 Å². The van der Waals surface area contributed by atoms with Gasteiger partial charge in [-0.3, -0.25) is 9.69 Å². The number of para-hydroxylation sites is 1. The minimum Gasteiger partial charge on any atom is -0.491 e. The molecule has 5 heteroatoms. The van der Waals surface area contributed by atoms with Crippen LogP contribution in [0, 0.1) is 6.92 Å². The number of hydrogen-bond donors (Lipinski definition) is 2. The highest BCUT2D eigenvalue weighted by atomic mass is 16.5. The number of aliphatic hydroxyl groups is 1. The number of β-amino-alcohol motifs (C(OH)–C–C–N with tert-alkyl or cyclic N) is 1. The molecule has 0 spiro atoms. The van der Waals surface area contributed by atoms with Gasteiger partial charge in [0.25, 0.3) is 0 Å². The molecule has 3 N–H and O–H groups in total. The van der Waals surface area contributed by atoms with Gasteiger partial charge in [0.15, 0.2) is 0 Å². The molecule has 0 aliphatic carbocycles. The Morgan fingerprint density at radius 3 is 2.52 bits per heavy atom. The Morgan fingerprint density at radius 2 is 2.00 bits per heavy atom. The Kier molecular flexibility index (Phi) is 6.18. The van der Waals surface area contributed by atoms with Crippen LogP contribution in [-0.2, 0) is 4.79 Å². The third kappa shape index (κ3) is 6.14. The third-order valence-corrected chi connectivity index (χ3v) is 3.25. The van der Waals surface area contributed by atoms with Crippen LogP contribution < -0.4 is 10.5 Å². The molecule has 1 amide bonds. The second-order valence-electron chi connectivity index (χ2n) is 6.25. The second-order valence-corrected chi connectivity index (χ2v) is 6.25. The Morgan fingerprint density at radius 1 is 1.38 bits per heavy atom. The number of ether oxygens (including phenoxy) is 1. The highest BCUT2D eigenvalue weighted by Gasteiger charge is 2.25. The topological polar surface area (TPSA) is 75.8 Å². The molecule has 0 saturated heterocycles. The second kappa shape index (κ2) is 7.43. The summed E-state index contributed by atoms with van der Waals surface area (Å²) in [5.41, 5.74) is 6.03. The van der Waals surface area contributed by atoms with Crippen LogP contribution in [0.4, 0.5) is 0 Å². The van der Waals surface area contributed by atoms with E-state index in [1.807, 2.05) is 56.9 Å². The van der Waals surface area contributed by atoms with Crippen molar-refractivity contribution >= 4 is 5.91 Å². The molecule has 0 aliphatic rings. The summed E-state index contributed by atoms with van der Waals surface area (Å²) in [6, 6.07) is 7.65. The van der Waals surface area contributed by atoms with Crippen LogP contribution in [0.25, 0.3) is 0 Å². The maximum absolute atomic E-state index is 11.1. The Labute approximate surface area is 126 Å². The summed E-state index contributed by atoms with van der Waals surface area (Å²) < 4.78 is 5.62. The van der Waals surface area contributed by atoms with Gasteiger partial charge in [0.1, 0.15) is 18.5 Å². The molecule has 0 bridgehead atoms. The zero-order valence-electron chi connectivity index (χ0n) is 13.3. The van der Waals surface area contributed by atoms with Crippen molar-refractivity contribution in [1.29, 1.82) is 0 Å². The number of benzene rings is 1. The van der Waals surface area contributed by atoms with E-state index in [2.05, 4.69) is 0 Å². The summed E-state index contributed by atoms with van der Waals surface area (Å²) in [5, 5.41) is 10.1. The van der Waals surface area contributed by atoms with Crippen molar-refractivity contribution in [1.82, 2.24) is 4.90 Å². The largest absolute Gasteiger partial charge is 0.491 e. The predicted molar refractivity (Wildman–Crippen MR) is 83.2 cm³/mol. The van der Waals surface area contributed by atoms with E-state index in [0.29, 0.717) is 6.54 Å². The molecular formula is C16H26N2O3. The minimum atomic E-state index is -0.691. The van der Waals surface area contributed by atoms with Gasteiger partial charge in [0.2, 0.25) is 5.91 Å². The van der Waals surface area contributed by atoms with Crippen LogP contribution in [0.1, 0.15) is 26.3 Å². The Bertz CT molecular complexity index is 469. The molecule has 1 atom stereocenters. The molecule has 0 aromatic heterocycles. The number of amides is 1. The van der Waals surface area contributed by atoms with E-state index in [1.54, 1.807) is 0 Å². The van der Waals surface area contributed by atoms with E-state index >= 15 is 0 Å². The molecule has 0 radical (unpaired) electrons. The van der Waals surface area contributed by atoms with Crippen LogP contribution in [0.2, 0.25) is 0 Å². The first kappa shape index (κ1) is 17.5. The number of hydrogen-bond acceptors (Lipinski definition) is 4. The third-order valence-electron chi connectivity index (χ3n) is 3.25. The summed E-state index contributed by atoms with van der Waals surface area (Å²) in [6.45, 7) is 8.51. The highest BCUT2D eigenvalue weighted by molar-refractivity contribution is 5.76. The molecule has 1 rings (SSSR count). The fourth-order valence-corrected chi connectivity index (χ4v) is 1.98. The molecule has 0 aliphatic heterocycles. The maximum Gasteiger partial charge on any atom is 0.231 e. The lowest BCUT2D eigenvalue weighted by molar-refractivity contribution is -0.121. The summed E-state index contributed by atoms with van der Waals surface area (Å²) in [5.74, 6) is 0.353. The molecule has 0 saturated carbocycles. The van der Waals surface area contributed by atoms with Crippen molar-refractivity contribution in [2.24, 2.45) is 5.73 Å². The van der Waals surface area contributed by atoms with Gasteiger partial charge in [0, 0.05) is 12.1 Å². The summed E-state index contributed by atoms with van der Waals surface area (Å²) >= 11 is 0. The summed E-state index contributed by atoms with van der Waals surface area (Å²) in [4.78, 5) is 13.0. The van der Waals surface area contributed by atoms with Crippen LogP contribution in [-0.4, -0.2) is 47.3 Å². The number of carbonyl (C=O) groups is 1. The fraction of sp³-hybridized carbons (Fsp3) is 0.562. The average Bonchev–Trinajstić information content (AvgIpc) is 2.35. The molecule has 5 nitrogen and oxygen atoms in total. The number of nitrogens with two attached hydrogens (primary N) is 1. The van der Waals surface area contributed by atoms with Gasteiger partial charge in [-0.25, -0.2) is 0 Å². The quantitative estimate of drug-likeness (QED) is 0.795. The monoisotopic (exact) mass is 294 g/mol. The van der Waals surface area contributed by atoms with Crippen molar-refractivity contribution in [2.75, 3.05) is 19.7 Å². The maximum atomic E-state index is 11.1. The molecule has 1 aromatic rings. The van der Waals surface area contributed by atoms with E-state index in [9.17, 15) is 9.90 Å². The summed E-state index contributed by atoms with van der Waals surface area (Å²) in [7, 11) is 0. The number of rotatable bonds is 7. The lowest BCUT2D eigenvalue weighted by atomic mass is 10.1. The van der Waals surface area contributed by atoms with Crippen molar-refractivity contribution < 1.29 is 14.6 Å². The molecule has 1 aromatic carbocycles. The van der Waals surface area contributed by atoms with Gasteiger partial charge in [-0.15, -0.1) is 0 Å². The average molecular weight is 294 g/mol. The van der Waals surface area contributed by atoms with Gasteiger partial charge < -0.3 is 15.6 Å². The van der Waals surface area contributed by atoms with Gasteiger partial charge in [0.05, 0.1) is 6.54 Å². The highest BCUT2D eigenvalue weighted by Crippen LogP contribution is 2.17. The molecule has 0 heterocycles. The number of primary amides is 1. The number of aliphatic hydroxyl groups excluding tert-OH is 1. The van der Waals surface area contributed by atoms with Crippen LogP contribution in [0.15, 0.2) is 24.3 Å². The molecule has 118 valence electrons. The van der Waals surface area contributed by atoms with Crippen molar-refractivity contribution in [3.63, 3.8) is 0 Å². The van der Waals surface area contributed by atoms with E-state index in [0.717, 1.165) is 11.3 Å². The zero-order valence-corrected chi connectivity index (χ0v) is 13.3. The lowest BCUT2D eigenvalue weighted by Gasteiger charge is -2.36. The number of carbonyl (C=O) groups excluding carboxylic acids is 1. The van der Waals surface area contributed by atoms with Crippen molar-refractivity contribution in [2.45, 2.75) is 39.3 Å². The number of nitrogens with zero attached hydrogens (tertiary/aromatic N) is 1. The van der Waals surface area contributed by atoms with E-state index in [-0.39, 0.29) is 18.7 Å². The van der Waals surface area contributed by atoms with Crippen LogP contribution in [0.3, 0.4) is 0 Å². The SMILES string of the molecule is Cc1ccccc1OCC(O)CN(CC(N)=O)C(C)(C)C. The van der Waals surface area contributed by atoms with Crippen molar-refractivity contribution in [3.05, 3.63) is 29.8 Å². The normalized spacial score (nSPS) is 13.2. The molecular weight excluding hydrogens is 268 g/mol.